The number of aliphatic carboxylic acids is 1. The molecule has 0 radical (unpaired) electrons. The van der Waals surface area contributed by atoms with Gasteiger partial charge in [0.15, 0.2) is 0 Å². The van der Waals surface area contributed by atoms with E-state index in [1.165, 1.54) is 11.8 Å². The Hall–Kier alpha value is -2.69. The number of carbonyl (C=O) groups is 5. The Bertz CT molecular complexity index is 579. The first kappa shape index (κ1) is 21.4. The second-order valence-electron chi connectivity index (χ2n) is 6.16. The van der Waals surface area contributed by atoms with Crippen LogP contribution in [-0.2, 0) is 24.0 Å². The molecule has 3 atom stereocenters. The SMILES string of the molecule is CC(N)C(=O)N1CCCC1C(=O)NCC(=O)NC(CCC(N)=O)C(=O)O. The average Bonchev–Trinajstić information content (AvgIpc) is 3.04. The van der Waals surface area contributed by atoms with Crippen molar-refractivity contribution in [3.8, 4) is 0 Å². The molecule has 1 rings (SSSR count). The fourth-order valence-electron chi connectivity index (χ4n) is 2.64. The molecule has 0 saturated carbocycles. The van der Waals surface area contributed by atoms with Crippen molar-refractivity contribution >= 4 is 29.6 Å². The normalized spacial score (nSPS) is 18.7. The number of carboxylic acid groups (broad SMARTS) is 1. The van der Waals surface area contributed by atoms with Crippen LogP contribution in [0.1, 0.15) is 32.6 Å². The molecule has 3 unspecified atom stereocenters. The van der Waals surface area contributed by atoms with Crippen molar-refractivity contribution in [3.05, 3.63) is 0 Å². The van der Waals surface area contributed by atoms with E-state index in [-0.39, 0.29) is 18.7 Å². The van der Waals surface area contributed by atoms with Gasteiger partial charge in [-0.25, -0.2) is 4.79 Å². The average molecular weight is 371 g/mol. The lowest BCUT2D eigenvalue weighted by Gasteiger charge is -2.25. The van der Waals surface area contributed by atoms with Crippen LogP contribution in [0.15, 0.2) is 0 Å². The fourth-order valence-corrected chi connectivity index (χ4v) is 2.64. The number of hydrogen-bond donors (Lipinski definition) is 5. The quantitative estimate of drug-likeness (QED) is 0.291. The van der Waals surface area contributed by atoms with Gasteiger partial charge in [-0.2, -0.15) is 0 Å². The molecule has 1 heterocycles. The number of nitrogens with one attached hydrogen (secondary N) is 2. The molecule has 0 aromatic rings. The molecule has 1 fully saturated rings. The molecule has 0 aromatic carbocycles. The molecule has 4 amide bonds. The molecule has 146 valence electrons. The molecule has 26 heavy (non-hydrogen) atoms. The van der Waals surface area contributed by atoms with Gasteiger partial charge in [0.25, 0.3) is 0 Å². The molecule has 1 saturated heterocycles. The number of carboxylic acids is 1. The summed E-state index contributed by atoms with van der Waals surface area (Å²) in [5.41, 5.74) is 10.5. The summed E-state index contributed by atoms with van der Waals surface area (Å²) in [7, 11) is 0. The molecule has 1 aliphatic heterocycles. The maximum Gasteiger partial charge on any atom is 0.326 e. The van der Waals surface area contributed by atoms with Crippen LogP contribution in [-0.4, -0.2) is 70.8 Å². The number of hydrogen-bond acceptors (Lipinski definition) is 6. The summed E-state index contributed by atoms with van der Waals surface area (Å²) in [6.07, 6.45) is 0.767. The number of nitrogens with two attached hydrogens (primary N) is 2. The van der Waals surface area contributed by atoms with Gasteiger partial charge in [-0.1, -0.05) is 0 Å². The molecule has 0 spiro atoms. The third-order valence-electron chi connectivity index (χ3n) is 3.96. The number of rotatable bonds is 9. The van der Waals surface area contributed by atoms with Crippen LogP contribution in [0.25, 0.3) is 0 Å². The van der Waals surface area contributed by atoms with E-state index in [0.717, 1.165) is 0 Å². The number of nitrogens with zero attached hydrogens (tertiary/aromatic N) is 1. The van der Waals surface area contributed by atoms with E-state index in [2.05, 4.69) is 10.6 Å². The van der Waals surface area contributed by atoms with Gasteiger partial charge in [-0.05, 0) is 26.2 Å². The Morgan fingerprint density at radius 1 is 1.27 bits per heavy atom. The van der Waals surface area contributed by atoms with Crippen LogP contribution in [0.4, 0.5) is 0 Å². The molecule has 0 bridgehead atoms. The summed E-state index contributed by atoms with van der Waals surface area (Å²) in [6, 6.07) is -2.71. The highest BCUT2D eigenvalue weighted by molar-refractivity contribution is 5.93. The lowest BCUT2D eigenvalue weighted by molar-refractivity contribution is -0.142. The van der Waals surface area contributed by atoms with Gasteiger partial charge in [0.1, 0.15) is 12.1 Å². The zero-order chi connectivity index (χ0) is 19.9. The summed E-state index contributed by atoms with van der Waals surface area (Å²) in [5, 5.41) is 13.6. The Morgan fingerprint density at radius 3 is 2.46 bits per heavy atom. The van der Waals surface area contributed by atoms with Gasteiger partial charge < -0.3 is 32.1 Å². The largest absolute Gasteiger partial charge is 0.480 e. The van der Waals surface area contributed by atoms with Crippen LogP contribution in [0, 0.1) is 0 Å². The first-order valence-electron chi connectivity index (χ1n) is 8.27. The number of primary amides is 1. The second kappa shape index (κ2) is 9.70. The molecule has 1 aliphatic rings. The van der Waals surface area contributed by atoms with Gasteiger partial charge in [-0.15, -0.1) is 0 Å². The Labute approximate surface area is 150 Å². The number of likely N-dealkylation sites (tertiary alicyclic amines) is 1. The molecule has 11 heteroatoms. The van der Waals surface area contributed by atoms with Gasteiger partial charge in [0.2, 0.25) is 23.6 Å². The Morgan fingerprint density at radius 2 is 1.92 bits per heavy atom. The van der Waals surface area contributed by atoms with Crippen molar-refractivity contribution in [2.45, 2.75) is 50.7 Å². The summed E-state index contributed by atoms with van der Waals surface area (Å²) in [5.74, 6) is -3.56. The van der Waals surface area contributed by atoms with Crippen LogP contribution >= 0.6 is 0 Å². The van der Waals surface area contributed by atoms with E-state index in [4.69, 9.17) is 16.6 Å². The van der Waals surface area contributed by atoms with Crippen molar-refractivity contribution in [1.82, 2.24) is 15.5 Å². The molecule has 0 aliphatic carbocycles. The van der Waals surface area contributed by atoms with Crippen molar-refractivity contribution in [2.75, 3.05) is 13.1 Å². The zero-order valence-electron chi connectivity index (χ0n) is 14.6. The summed E-state index contributed by atoms with van der Waals surface area (Å²) in [6.45, 7) is 1.50. The predicted molar refractivity (Wildman–Crippen MR) is 89.4 cm³/mol. The Balaban J connectivity index is 2.52. The monoisotopic (exact) mass is 371 g/mol. The van der Waals surface area contributed by atoms with Gasteiger partial charge >= 0.3 is 5.97 Å². The topological polar surface area (TPSA) is 185 Å². The predicted octanol–water partition coefficient (Wildman–Crippen LogP) is -2.72. The lowest BCUT2D eigenvalue weighted by atomic mass is 10.1. The minimum atomic E-state index is -1.31. The molecular weight excluding hydrogens is 346 g/mol. The van der Waals surface area contributed by atoms with Crippen molar-refractivity contribution < 1.29 is 29.1 Å². The molecular formula is C15H25N5O6. The first-order chi connectivity index (χ1) is 12.1. The highest BCUT2D eigenvalue weighted by atomic mass is 16.4. The summed E-state index contributed by atoms with van der Waals surface area (Å²) >= 11 is 0. The van der Waals surface area contributed by atoms with E-state index in [0.29, 0.717) is 19.4 Å². The number of carbonyl (C=O) groups excluding carboxylic acids is 4. The molecule has 0 aromatic heterocycles. The third kappa shape index (κ3) is 6.31. The summed E-state index contributed by atoms with van der Waals surface area (Å²) < 4.78 is 0. The van der Waals surface area contributed by atoms with Crippen molar-refractivity contribution in [2.24, 2.45) is 11.5 Å². The van der Waals surface area contributed by atoms with Gasteiger partial charge in [-0.3, -0.25) is 19.2 Å². The van der Waals surface area contributed by atoms with Crippen LogP contribution in [0.2, 0.25) is 0 Å². The first-order valence-corrected chi connectivity index (χ1v) is 8.27. The third-order valence-corrected chi connectivity index (χ3v) is 3.96. The minimum absolute atomic E-state index is 0.149. The van der Waals surface area contributed by atoms with E-state index in [9.17, 15) is 24.0 Å². The van der Waals surface area contributed by atoms with Crippen molar-refractivity contribution in [3.63, 3.8) is 0 Å². The lowest BCUT2D eigenvalue weighted by Crippen LogP contribution is -2.52. The smallest absolute Gasteiger partial charge is 0.326 e. The van der Waals surface area contributed by atoms with Crippen LogP contribution < -0.4 is 22.1 Å². The van der Waals surface area contributed by atoms with Gasteiger partial charge in [0, 0.05) is 13.0 Å². The van der Waals surface area contributed by atoms with Crippen LogP contribution in [0.3, 0.4) is 0 Å². The maximum absolute atomic E-state index is 12.2. The zero-order valence-corrected chi connectivity index (χ0v) is 14.6. The molecule has 7 N–H and O–H groups in total. The van der Waals surface area contributed by atoms with Gasteiger partial charge in [0.05, 0.1) is 12.6 Å². The van der Waals surface area contributed by atoms with E-state index in [1.807, 2.05) is 0 Å². The Kier molecular flexibility index (Phi) is 7.97. The van der Waals surface area contributed by atoms with E-state index >= 15 is 0 Å². The minimum Gasteiger partial charge on any atom is -0.480 e. The van der Waals surface area contributed by atoms with E-state index in [1.54, 1.807) is 0 Å². The second-order valence-corrected chi connectivity index (χ2v) is 6.16. The highest BCUT2D eigenvalue weighted by Crippen LogP contribution is 2.18. The maximum atomic E-state index is 12.2. The molecule has 11 nitrogen and oxygen atoms in total. The summed E-state index contributed by atoms with van der Waals surface area (Å²) in [4.78, 5) is 59.2. The highest BCUT2D eigenvalue weighted by Gasteiger charge is 2.35. The van der Waals surface area contributed by atoms with E-state index < -0.39 is 48.4 Å². The fraction of sp³-hybridized carbons (Fsp3) is 0.667. The van der Waals surface area contributed by atoms with Crippen LogP contribution in [0.5, 0.6) is 0 Å². The standard InChI is InChI=1S/C15H25N5O6/c1-8(16)14(24)20-6-2-3-10(20)13(23)18-7-12(22)19-9(15(25)26)4-5-11(17)21/h8-10H,2-7,16H2,1H3,(H2,17,21)(H,18,23)(H,19,22)(H,25,26). The van der Waals surface area contributed by atoms with Crippen molar-refractivity contribution in [1.29, 1.82) is 0 Å². The number of amides is 4.